The molecule has 30 heavy (non-hydrogen) atoms. The molecule has 1 heterocycles. The molecule has 1 aliphatic carbocycles. The number of nitrogens with two attached hydrogens (primary N) is 1. The van der Waals surface area contributed by atoms with Crippen molar-refractivity contribution in [2.45, 2.75) is 18.8 Å². The maximum Gasteiger partial charge on any atom is 0.274 e. The average Bonchev–Trinajstić information content (AvgIpc) is 3.50. The second kappa shape index (κ2) is 8.47. The van der Waals surface area contributed by atoms with E-state index in [9.17, 15) is 8.42 Å². The van der Waals surface area contributed by atoms with Gasteiger partial charge in [0.15, 0.2) is 0 Å². The monoisotopic (exact) mass is 428 g/mol. The van der Waals surface area contributed by atoms with Crippen LogP contribution in [0.3, 0.4) is 0 Å². The van der Waals surface area contributed by atoms with Gasteiger partial charge in [-0.15, -0.1) is 0 Å². The smallest absolute Gasteiger partial charge is 0.274 e. The molecule has 0 atom stereocenters. The molecule has 0 unspecified atom stereocenters. The SMILES string of the molecule is COc1ccc(-n2nc(C3CC3)cc2-c2ccc(OCCNS(N)(=O)=O)cc2)cc1. The minimum atomic E-state index is -3.70. The molecule has 3 N–H and O–H groups in total. The summed E-state index contributed by atoms with van der Waals surface area (Å²) >= 11 is 0. The van der Waals surface area contributed by atoms with Crippen LogP contribution in [0.1, 0.15) is 24.5 Å². The van der Waals surface area contributed by atoms with E-state index in [2.05, 4.69) is 10.8 Å². The van der Waals surface area contributed by atoms with Gasteiger partial charge in [0.1, 0.15) is 18.1 Å². The summed E-state index contributed by atoms with van der Waals surface area (Å²) in [7, 11) is -2.06. The van der Waals surface area contributed by atoms with Crippen molar-refractivity contribution < 1.29 is 17.9 Å². The third-order valence-electron chi connectivity index (χ3n) is 4.86. The summed E-state index contributed by atoms with van der Waals surface area (Å²) in [6.07, 6.45) is 2.36. The van der Waals surface area contributed by atoms with Gasteiger partial charge in [-0.3, -0.25) is 0 Å². The molecule has 0 saturated heterocycles. The van der Waals surface area contributed by atoms with E-state index in [0.717, 1.165) is 28.4 Å². The Morgan fingerprint density at radius 3 is 2.37 bits per heavy atom. The van der Waals surface area contributed by atoms with Crippen LogP contribution in [-0.2, 0) is 10.2 Å². The Kier molecular flexibility index (Phi) is 5.76. The van der Waals surface area contributed by atoms with Gasteiger partial charge >= 0.3 is 0 Å². The van der Waals surface area contributed by atoms with Gasteiger partial charge in [-0.2, -0.15) is 18.2 Å². The molecule has 1 aliphatic rings. The number of ether oxygens (including phenoxy) is 2. The summed E-state index contributed by atoms with van der Waals surface area (Å²) in [4.78, 5) is 0. The molecule has 1 fully saturated rings. The summed E-state index contributed by atoms with van der Waals surface area (Å²) in [6.45, 7) is 0.293. The van der Waals surface area contributed by atoms with Crippen LogP contribution in [0, 0.1) is 0 Å². The van der Waals surface area contributed by atoms with Gasteiger partial charge in [-0.05, 0) is 67.4 Å². The highest BCUT2D eigenvalue weighted by molar-refractivity contribution is 7.87. The van der Waals surface area contributed by atoms with E-state index >= 15 is 0 Å². The molecule has 0 aliphatic heterocycles. The Morgan fingerprint density at radius 2 is 1.77 bits per heavy atom. The van der Waals surface area contributed by atoms with Crippen molar-refractivity contribution in [1.82, 2.24) is 14.5 Å². The van der Waals surface area contributed by atoms with Crippen LogP contribution in [0.25, 0.3) is 16.9 Å². The lowest BCUT2D eigenvalue weighted by atomic mass is 10.1. The first-order chi connectivity index (χ1) is 14.4. The fourth-order valence-corrected chi connectivity index (χ4v) is 3.55. The van der Waals surface area contributed by atoms with Crippen LogP contribution in [0.2, 0.25) is 0 Å². The molecule has 1 saturated carbocycles. The summed E-state index contributed by atoms with van der Waals surface area (Å²) < 4.78 is 36.7. The molecular formula is C21H24N4O4S. The van der Waals surface area contributed by atoms with Gasteiger partial charge in [0.25, 0.3) is 10.2 Å². The standard InChI is InChI=1S/C21H24N4O4S/c1-28-18-10-6-17(7-11-18)25-21(14-20(24-25)15-2-3-15)16-4-8-19(9-5-16)29-13-12-23-30(22,26)27/h4-11,14-15,23H,2-3,12-13H2,1H3,(H2,22,26,27). The van der Waals surface area contributed by atoms with Crippen LogP contribution < -0.4 is 19.3 Å². The van der Waals surface area contributed by atoms with Crippen molar-refractivity contribution in [3.05, 3.63) is 60.3 Å². The van der Waals surface area contributed by atoms with Gasteiger partial charge in [-0.25, -0.2) is 9.82 Å². The summed E-state index contributed by atoms with van der Waals surface area (Å²) in [6, 6.07) is 17.6. The molecule has 3 aromatic rings. The quantitative estimate of drug-likeness (QED) is 0.509. The topological polar surface area (TPSA) is 108 Å². The number of hydrogen-bond donors (Lipinski definition) is 2. The minimum absolute atomic E-state index is 0.107. The van der Waals surface area contributed by atoms with Gasteiger partial charge < -0.3 is 9.47 Å². The van der Waals surface area contributed by atoms with Crippen LogP contribution in [0.5, 0.6) is 11.5 Å². The van der Waals surface area contributed by atoms with E-state index < -0.39 is 10.2 Å². The molecule has 2 aromatic carbocycles. The molecule has 4 rings (SSSR count). The highest BCUT2D eigenvalue weighted by Gasteiger charge is 2.27. The Bertz CT molecular complexity index is 1100. The van der Waals surface area contributed by atoms with E-state index in [0.29, 0.717) is 11.7 Å². The average molecular weight is 429 g/mol. The first-order valence-electron chi connectivity index (χ1n) is 9.68. The zero-order valence-electron chi connectivity index (χ0n) is 16.6. The van der Waals surface area contributed by atoms with Crippen LogP contribution in [0.4, 0.5) is 0 Å². The van der Waals surface area contributed by atoms with Gasteiger partial charge in [0.2, 0.25) is 0 Å². The fourth-order valence-electron chi connectivity index (χ4n) is 3.18. The second-order valence-electron chi connectivity index (χ2n) is 7.15. The third kappa shape index (κ3) is 4.99. The second-order valence-corrected chi connectivity index (χ2v) is 8.53. The lowest BCUT2D eigenvalue weighted by Gasteiger charge is -2.10. The number of nitrogens with zero attached hydrogens (tertiary/aromatic N) is 2. The zero-order chi connectivity index (χ0) is 21.1. The van der Waals surface area contributed by atoms with Crippen LogP contribution in [-0.4, -0.2) is 38.5 Å². The largest absolute Gasteiger partial charge is 0.497 e. The molecule has 1 aromatic heterocycles. The van der Waals surface area contributed by atoms with Crippen molar-refractivity contribution in [3.8, 4) is 28.4 Å². The third-order valence-corrected chi connectivity index (χ3v) is 5.47. The molecule has 158 valence electrons. The Labute approximate surface area is 175 Å². The zero-order valence-corrected chi connectivity index (χ0v) is 17.4. The summed E-state index contributed by atoms with van der Waals surface area (Å²) in [5.41, 5.74) is 4.09. The van der Waals surface area contributed by atoms with Crippen molar-refractivity contribution in [2.75, 3.05) is 20.3 Å². The number of hydrogen-bond acceptors (Lipinski definition) is 5. The molecule has 0 radical (unpaired) electrons. The highest BCUT2D eigenvalue weighted by Crippen LogP contribution is 2.41. The van der Waals surface area contributed by atoms with E-state index in [1.54, 1.807) is 7.11 Å². The molecule has 0 amide bonds. The minimum Gasteiger partial charge on any atom is -0.497 e. The van der Waals surface area contributed by atoms with Crippen LogP contribution in [0.15, 0.2) is 54.6 Å². The van der Waals surface area contributed by atoms with Crippen molar-refractivity contribution in [1.29, 1.82) is 0 Å². The normalized spacial score (nSPS) is 13.9. The maximum atomic E-state index is 10.9. The van der Waals surface area contributed by atoms with Crippen LogP contribution >= 0.6 is 0 Å². The first kappa shape index (κ1) is 20.4. The predicted octanol–water partition coefficient (Wildman–Crippen LogP) is 2.60. The Balaban J connectivity index is 1.54. The van der Waals surface area contributed by atoms with Crippen molar-refractivity contribution in [2.24, 2.45) is 5.14 Å². The van der Waals surface area contributed by atoms with Gasteiger partial charge in [0.05, 0.1) is 24.2 Å². The first-order valence-corrected chi connectivity index (χ1v) is 11.2. The van der Waals surface area contributed by atoms with E-state index in [1.807, 2.05) is 53.2 Å². The van der Waals surface area contributed by atoms with E-state index in [4.69, 9.17) is 19.7 Å². The maximum absolute atomic E-state index is 10.9. The van der Waals surface area contributed by atoms with E-state index in [1.165, 1.54) is 12.8 Å². The lowest BCUT2D eigenvalue weighted by molar-refractivity contribution is 0.323. The number of methoxy groups -OCH3 is 1. The number of rotatable bonds is 9. The Morgan fingerprint density at radius 1 is 1.10 bits per heavy atom. The van der Waals surface area contributed by atoms with Crippen molar-refractivity contribution >= 4 is 10.2 Å². The number of aromatic nitrogens is 2. The lowest BCUT2D eigenvalue weighted by Crippen LogP contribution is -2.33. The van der Waals surface area contributed by atoms with Gasteiger partial charge in [0, 0.05) is 18.0 Å². The highest BCUT2D eigenvalue weighted by atomic mass is 32.2. The molecule has 8 nitrogen and oxygen atoms in total. The number of nitrogens with one attached hydrogen (secondary N) is 1. The Hall–Kier alpha value is -2.88. The van der Waals surface area contributed by atoms with E-state index in [-0.39, 0.29) is 13.2 Å². The number of benzene rings is 2. The van der Waals surface area contributed by atoms with Crippen molar-refractivity contribution in [3.63, 3.8) is 0 Å². The molecule has 9 heteroatoms. The summed E-state index contributed by atoms with van der Waals surface area (Å²) in [5, 5.41) is 9.74. The molecule has 0 bridgehead atoms. The predicted molar refractivity (Wildman–Crippen MR) is 114 cm³/mol. The summed E-state index contributed by atoms with van der Waals surface area (Å²) in [5.74, 6) is 1.98. The molecule has 0 spiro atoms. The van der Waals surface area contributed by atoms with Gasteiger partial charge in [-0.1, -0.05) is 0 Å². The fraction of sp³-hybridized carbons (Fsp3) is 0.286. The molecular weight excluding hydrogens is 404 g/mol.